The van der Waals surface area contributed by atoms with Crippen molar-refractivity contribution in [3.8, 4) is 17.2 Å². The van der Waals surface area contributed by atoms with E-state index in [9.17, 15) is 14.4 Å². The van der Waals surface area contributed by atoms with Gasteiger partial charge in [-0.05, 0) is 22.3 Å². The number of alkyl carbamates (subject to hydrolysis) is 1. The summed E-state index contributed by atoms with van der Waals surface area (Å²) in [6, 6.07) is 16.4. The molecule has 31 heavy (non-hydrogen) atoms. The van der Waals surface area contributed by atoms with Crippen molar-refractivity contribution in [2.75, 3.05) is 20.2 Å². The number of carboxylic acid groups (broad SMARTS) is 1. The molecule has 8 heteroatoms. The molecule has 0 spiro atoms. The molecular weight excluding hydrogens is 398 g/mol. The maximum absolute atomic E-state index is 12.5. The Hall–Kier alpha value is -3.86. The number of carbonyl (C=O) groups excluding carboxylic acids is 2. The van der Waals surface area contributed by atoms with Crippen molar-refractivity contribution in [3.05, 3.63) is 59.7 Å². The number of rotatable bonds is 8. The van der Waals surface area contributed by atoms with Crippen LogP contribution in [-0.2, 0) is 14.3 Å². The van der Waals surface area contributed by atoms with E-state index in [0.717, 1.165) is 22.3 Å². The summed E-state index contributed by atoms with van der Waals surface area (Å²) in [5.41, 5.74) is 4.27. The largest absolute Gasteiger partial charge is 0.481 e. The van der Waals surface area contributed by atoms with Crippen molar-refractivity contribution < 1.29 is 24.2 Å². The zero-order chi connectivity index (χ0) is 22.4. The molecule has 0 aromatic heterocycles. The molecule has 2 amide bonds. The van der Waals surface area contributed by atoms with Gasteiger partial charge in [0.05, 0.1) is 18.9 Å². The van der Waals surface area contributed by atoms with Crippen LogP contribution in [0.15, 0.2) is 48.5 Å². The Bertz CT molecular complexity index is 984. The lowest BCUT2D eigenvalue weighted by Gasteiger charge is -2.23. The normalized spacial score (nSPS) is 12.8. The van der Waals surface area contributed by atoms with Gasteiger partial charge in [-0.15, -0.1) is 0 Å². The summed E-state index contributed by atoms with van der Waals surface area (Å²) in [4.78, 5) is 37.3. The number of nitrogens with zero attached hydrogens (tertiary/aromatic N) is 2. The van der Waals surface area contributed by atoms with Crippen LogP contribution in [0.3, 0.4) is 0 Å². The van der Waals surface area contributed by atoms with E-state index in [2.05, 4.69) is 5.32 Å². The van der Waals surface area contributed by atoms with Crippen LogP contribution in [0.1, 0.15) is 29.9 Å². The summed E-state index contributed by atoms with van der Waals surface area (Å²) >= 11 is 0. The van der Waals surface area contributed by atoms with Crippen LogP contribution in [0.2, 0.25) is 0 Å². The average Bonchev–Trinajstić information content (AvgIpc) is 3.08. The molecule has 0 radical (unpaired) electrons. The van der Waals surface area contributed by atoms with Gasteiger partial charge in [-0.3, -0.25) is 9.59 Å². The van der Waals surface area contributed by atoms with Crippen LogP contribution in [-0.4, -0.2) is 54.2 Å². The number of nitriles is 1. The number of ether oxygens (including phenoxy) is 1. The lowest BCUT2D eigenvalue weighted by molar-refractivity contribution is -0.142. The molecular formula is C23H23N3O5. The minimum atomic E-state index is -1.28. The molecule has 0 fully saturated rings. The van der Waals surface area contributed by atoms with Crippen LogP contribution in [0.5, 0.6) is 0 Å². The number of hydrogen-bond acceptors (Lipinski definition) is 5. The number of nitrogens with one attached hydrogen (secondary N) is 1. The van der Waals surface area contributed by atoms with E-state index in [1.54, 1.807) is 0 Å². The first-order valence-corrected chi connectivity index (χ1v) is 9.87. The van der Waals surface area contributed by atoms with E-state index in [1.165, 1.54) is 11.9 Å². The minimum absolute atomic E-state index is 0.0537. The zero-order valence-electron chi connectivity index (χ0n) is 17.1. The van der Waals surface area contributed by atoms with Crippen LogP contribution >= 0.6 is 0 Å². The van der Waals surface area contributed by atoms with E-state index in [1.807, 2.05) is 54.6 Å². The molecule has 0 heterocycles. The third-order valence-electron chi connectivity index (χ3n) is 5.25. The highest BCUT2D eigenvalue weighted by atomic mass is 16.5. The van der Waals surface area contributed by atoms with Gasteiger partial charge in [0.1, 0.15) is 12.6 Å². The van der Waals surface area contributed by atoms with Gasteiger partial charge < -0.3 is 20.1 Å². The Balaban J connectivity index is 1.67. The molecule has 2 N–H and O–H groups in total. The first-order chi connectivity index (χ1) is 14.9. The van der Waals surface area contributed by atoms with Crippen molar-refractivity contribution in [1.29, 1.82) is 5.26 Å². The number of fused-ring (bicyclic) bond motifs is 3. The van der Waals surface area contributed by atoms with Crippen molar-refractivity contribution in [2.45, 2.75) is 24.8 Å². The first kappa shape index (κ1) is 21.8. The minimum Gasteiger partial charge on any atom is -0.481 e. The maximum atomic E-state index is 12.5. The van der Waals surface area contributed by atoms with E-state index in [-0.39, 0.29) is 25.5 Å². The molecule has 1 aliphatic rings. The Labute approximate surface area is 180 Å². The molecule has 1 aliphatic carbocycles. The Morgan fingerprint density at radius 2 is 1.71 bits per heavy atom. The fraction of sp³-hybridized carbons (Fsp3) is 0.304. The van der Waals surface area contributed by atoms with Gasteiger partial charge in [0.25, 0.3) is 0 Å². The molecule has 2 aromatic rings. The SMILES string of the molecule is CN(CCC#N)C(=O)C(CC(=O)O)NC(=O)OCC1c2ccccc2-c2ccccc21. The van der Waals surface area contributed by atoms with Crippen LogP contribution in [0.25, 0.3) is 11.1 Å². The fourth-order valence-corrected chi connectivity index (χ4v) is 3.75. The second-order valence-electron chi connectivity index (χ2n) is 7.29. The molecule has 8 nitrogen and oxygen atoms in total. The third kappa shape index (κ3) is 5.01. The number of hydrogen-bond donors (Lipinski definition) is 2. The molecule has 3 rings (SSSR count). The monoisotopic (exact) mass is 421 g/mol. The molecule has 0 aliphatic heterocycles. The lowest BCUT2D eigenvalue weighted by atomic mass is 9.98. The molecule has 0 saturated heterocycles. The lowest BCUT2D eigenvalue weighted by Crippen LogP contribution is -2.48. The number of likely N-dealkylation sites (N-methyl/N-ethyl adjacent to an activating group) is 1. The number of carboxylic acids is 1. The van der Waals surface area contributed by atoms with Crippen LogP contribution in [0, 0.1) is 11.3 Å². The highest BCUT2D eigenvalue weighted by Gasteiger charge is 2.31. The van der Waals surface area contributed by atoms with Gasteiger partial charge in [-0.2, -0.15) is 5.26 Å². The van der Waals surface area contributed by atoms with Crippen molar-refractivity contribution in [3.63, 3.8) is 0 Å². The molecule has 1 atom stereocenters. The summed E-state index contributed by atoms with van der Waals surface area (Å²) in [5, 5.41) is 20.1. The van der Waals surface area contributed by atoms with Gasteiger partial charge >= 0.3 is 12.1 Å². The summed E-state index contributed by atoms with van der Waals surface area (Å²) in [6.45, 7) is 0.190. The Kier molecular flexibility index (Phi) is 6.88. The second-order valence-corrected chi connectivity index (χ2v) is 7.29. The predicted octanol–water partition coefficient (Wildman–Crippen LogP) is 2.74. The van der Waals surface area contributed by atoms with Crippen LogP contribution < -0.4 is 5.32 Å². The predicted molar refractivity (Wildman–Crippen MR) is 112 cm³/mol. The maximum Gasteiger partial charge on any atom is 0.407 e. The quantitative estimate of drug-likeness (QED) is 0.676. The van der Waals surface area contributed by atoms with Crippen LogP contribution in [0.4, 0.5) is 4.79 Å². The van der Waals surface area contributed by atoms with Gasteiger partial charge in [-0.25, -0.2) is 4.79 Å². The molecule has 0 saturated carbocycles. The second kappa shape index (κ2) is 9.76. The standard InChI is InChI=1S/C23H23N3O5/c1-26(12-6-11-24)22(29)20(13-21(27)28)25-23(30)31-14-19-17-9-4-2-7-15(17)16-8-3-5-10-18(16)19/h2-5,7-10,19-20H,6,12-14H2,1H3,(H,25,30)(H,27,28). The van der Waals surface area contributed by atoms with Gasteiger partial charge in [0, 0.05) is 19.5 Å². The van der Waals surface area contributed by atoms with Crippen molar-refractivity contribution in [1.82, 2.24) is 10.2 Å². The summed E-state index contributed by atoms with van der Waals surface area (Å²) in [6.07, 6.45) is -1.34. The fourth-order valence-electron chi connectivity index (χ4n) is 3.75. The first-order valence-electron chi connectivity index (χ1n) is 9.87. The number of carbonyl (C=O) groups is 3. The average molecular weight is 421 g/mol. The smallest absolute Gasteiger partial charge is 0.407 e. The summed E-state index contributed by atoms with van der Waals surface area (Å²) in [5.74, 6) is -1.97. The van der Waals surface area contributed by atoms with Crippen molar-refractivity contribution >= 4 is 18.0 Å². The van der Waals surface area contributed by atoms with Crippen molar-refractivity contribution in [2.24, 2.45) is 0 Å². The number of amides is 2. The summed E-state index contributed by atoms with van der Waals surface area (Å²) in [7, 11) is 1.45. The highest BCUT2D eigenvalue weighted by Crippen LogP contribution is 2.44. The zero-order valence-corrected chi connectivity index (χ0v) is 17.1. The Morgan fingerprint density at radius 1 is 1.13 bits per heavy atom. The van der Waals surface area contributed by atoms with Gasteiger partial charge in [0.15, 0.2) is 0 Å². The molecule has 1 unspecified atom stereocenters. The number of benzene rings is 2. The Morgan fingerprint density at radius 3 is 2.26 bits per heavy atom. The molecule has 0 bridgehead atoms. The highest BCUT2D eigenvalue weighted by molar-refractivity contribution is 5.89. The molecule has 2 aromatic carbocycles. The van der Waals surface area contributed by atoms with Gasteiger partial charge in [0.2, 0.25) is 5.91 Å². The number of aliphatic carboxylic acids is 1. The summed E-state index contributed by atoms with van der Waals surface area (Å²) < 4.78 is 5.40. The van der Waals surface area contributed by atoms with E-state index >= 15 is 0 Å². The third-order valence-corrected chi connectivity index (χ3v) is 5.25. The van der Waals surface area contributed by atoms with E-state index in [4.69, 9.17) is 15.1 Å². The van der Waals surface area contributed by atoms with E-state index < -0.39 is 30.4 Å². The molecule has 160 valence electrons. The van der Waals surface area contributed by atoms with Gasteiger partial charge in [-0.1, -0.05) is 48.5 Å². The van der Waals surface area contributed by atoms with E-state index in [0.29, 0.717) is 0 Å². The topological polar surface area (TPSA) is 120 Å².